The van der Waals surface area contributed by atoms with Gasteiger partial charge in [-0.25, -0.2) is 0 Å². The normalized spacial score (nSPS) is 34.1. The van der Waals surface area contributed by atoms with Gasteiger partial charge < -0.3 is 10.2 Å². The maximum absolute atomic E-state index is 12.4. The lowest BCUT2D eigenvalue weighted by atomic mass is 9.86. The lowest BCUT2D eigenvalue weighted by molar-refractivity contribution is -0.136. The molecule has 0 aromatic carbocycles. The summed E-state index contributed by atoms with van der Waals surface area (Å²) < 4.78 is 0. The van der Waals surface area contributed by atoms with Gasteiger partial charge in [-0.3, -0.25) is 9.59 Å². The topological polar surface area (TPSA) is 49.4 Å². The molecule has 1 aliphatic carbocycles. The highest BCUT2D eigenvalue weighted by atomic mass is 16.2. The molecule has 2 aliphatic rings. The standard InChI is InChI=1S/C14H24N2O2/c1-3-12-14(18)16(9-8-13(17)15-12)11-6-4-10(2)5-7-11/h10-12H,3-9H2,1-2H3,(H,15,17). The van der Waals surface area contributed by atoms with Gasteiger partial charge in [0.05, 0.1) is 0 Å². The maximum Gasteiger partial charge on any atom is 0.245 e. The number of hydrogen-bond donors (Lipinski definition) is 1. The zero-order valence-corrected chi connectivity index (χ0v) is 11.4. The molecule has 1 N–H and O–H groups in total. The number of carbonyl (C=O) groups excluding carboxylic acids is 2. The third kappa shape index (κ3) is 2.85. The Balaban J connectivity index is 2.05. The van der Waals surface area contributed by atoms with Crippen LogP contribution in [0.25, 0.3) is 0 Å². The van der Waals surface area contributed by atoms with Crippen molar-refractivity contribution in [2.75, 3.05) is 6.54 Å². The first-order valence-corrected chi connectivity index (χ1v) is 7.21. The van der Waals surface area contributed by atoms with Crippen LogP contribution in [0.5, 0.6) is 0 Å². The van der Waals surface area contributed by atoms with Crippen molar-refractivity contribution >= 4 is 11.8 Å². The van der Waals surface area contributed by atoms with E-state index < -0.39 is 0 Å². The summed E-state index contributed by atoms with van der Waals surface area (Å²) in [5.74, 6) is 0.926. The van der Waals surface area contributed by atoms with Crippen molar-refractivity contribution in [1.82, 2.24) is 10.2 Å². The number of rotatable bonds is 2. The summed E-state index contributed by atoms with van der Waals surface area (Å²) in [7, 11) is 0. The number of amides is 2. The van der Waals surface area contributed by atoms with E-state index in [4.69, 9.17) is 0 Å². The summed E-state index contributed by atoms with van der Waals surface area (Å²) in [4.78, 5) is 26.0. The van der Waals surface area contributed by atoms with Crippen LogP contribution in [-0.2, 0) is 9.59 Å². The molecule has 2 amide bonds. The molecule has 2 rings (SSSR count). The van der Waals surface area contributed by atoms with E-state index >= 15 is 0 Å². The molecular formula is C14H24N2O2. The Morgan fingerprint density at radius 1 is 1.22 bits per heavy atom. The van der Waals surface area contributed by atoms with Gasteiger partial charge in [-0.15, -0.1) is 0 Å². The van der Waals surface area contributed by atoms with Gasteiger partial charge in [0.25, 0.3) is 0 Å². The van der Waals surface area contributed by atoms with Gasteiger partial charge in [0.2, 0.25) is 11.8 Å². The first kappa shape index (κ1) is 13.4. The van der Waals surface area contributed by atoms with Crippen LogP contribution in [0.15, 0.2) is 0 Å². The second-order valence-corrected chi connectivity index (χ2v) is 5.72. The second-order valence-electron chi connectivity index (χ2n) is 5.72. The molecule has 0 radical (unpaired) electrons. The molecule has 1 aliphatic heterocycles. The minimum absolute atomic E-state index is 0.0156. The van der Waals surface area contributed by atoms with Crippen molar-refractivity contribution in [3.05, 3.63) is 0 Å². The molecule has 0 spiro atoms. The maximum atomic E-state index is 12.4. The van der Waals surface area contributed by atoms with Gasteiger partial charge in [-0.2, -0.15) is 0 Å². The van der Waals surface area contributed by atoms with E-state index in [-0.39, 0.29) is 17.9 Å². The van der Waals surface area contributed by atoms with Gasteiger partial charge >= 0.3 is 0 Å². The summed E-state index contributed by atoms with van der Waals surface area (Å²) in [6.45, 7) is 4.83. The van der Waals surface area contributed by atoms with Gasteiger partial charge in [0.15, 0.2) is 0 Å². The fourth-order valence-corrected chi connectivity index (χ4v) is 3.05. The molecule has 0 aromatic rings. The lowest BCUT2D eigenvalue weighted by Gasteiger charge is -2.36. The SMILES string of the molecule is CCC1NC(=O)CCN(C2CCC(C)CC2)C1=O. The summed E-state index contributed by atoms with van der Waals surface area (Å²) in [5, 5.41) is 2.83. The predicted octanol–water partition coefficient (Wildman–Crippen LogP) is 1.69. The number of nitrogens with zero attached hydrogens (tertiary/aromatic N) is 1. The fourth-order valence-electron chi connectivity index (χ4n) is 3.05. The minimum atomic E-state index is -0.306. The van der Waals surface area contributed by atoms with Crippen LogP contribution in [0.2, 0.25) is 0 Å². The third-order valence-electron chi connectivity index (χ3n) is 4.33. The van der Waals surface area contributed by atoms with E-state index in [0.29, 0.717) is 25.4 Å². The Labute approximate surface area is 109 Å². The highest BCUT2D eigenvalue weighted by Gasteiger charge is 2.34. The second kappa shape index (κ2) is 5.72. The molecule has 102 valence electrons. The molecule has 1 unspecified atom stereocenters. The van der Waals surface area contributed by atoms with E-state index in [2.05, 4.69) is 12.2 Å². The number of nitrogens with one attached hydrogen (secondary N) is 1. The minimum Gasteiger partial charge on any atom is -0.344 e. The van der Waals surface area contributed by atoms with E-state index in [1.807, 2.05) is 11.8 Å². The Morgan fingerprint density at radius 3 is 2.50 bits per heavy atom. The average Bonchev–Trinajstić information content (AvgIpc) is 2.51. The Kier molecular flexibility index (Phi) is 4.25. The summed E-state index contributed by atoms with van der Waals surface area (Å²) >= 11 is 0. The molecule has 2 fully saturated rings. The van der Waals surface area contributed by atoms with Crippen LogP contribution in [0.4, 0.5) is 0 Å². The molecule has 4 heteroatoms. The average molecular weight is 252 g/mol. The van der Waals surface area contributed by atoms with E-state index in [1.165, 1.54) is 12.8 Å². The monoisotopic (exact) mass is 252 g/mol. The van der Waals surface area contributed by atoms with Gasteiger partial charge in [-0.05, 0) is 38.0 Å². The Hall–Kier alpha value is -1.06. The smallest absolute Gasteiger partial charge is 0.245 e. The van der Waals surface area contributed by atoms with Crippen LogP contribution in [0.3, 0.4) is 0 Å². The van der Waals surface area contributed by atoms with Crippen LogP contribution >= 0.6 is 0 Å². The largest absolute Gasteiger partial charge is 0.344 e. The quantitative estimate of drug-likeness (QED) is 0.813. The molecule has 1 saturated heterocycles. The van der Waals surface area contributed by atoms with Gasteiger partial charge in [0, 0.05) is 19.0 Å². The molecule has 1 atom stereocenters. The zero-order valence-electron chi connectivity index (χ0n) is 11.4. The highest BCUT2D eigenvalue weighted by molar-refractivity contribution is 5.90. The van der Waals surface area contributed by atoms with Gasteiger partial charge in [-0.1, -0.05) is 13.8 Å². The number of carbonyl (C=O) groups is 2. The summed E-state index contributed by atoms with van der Waals surface area (Å²) in [6, 6.07) is 0.0507. The van der Waals surface area contributed by atoms with Crippen molar-refractivity contribution in [2.24, 2.45) is 5.92 Å². The summed E-state index contributed by atoms with van der Waals surface area (Å²) in [5.41, 5.74) is 0. The van der Waals surface area contributed by atoms with Crippen molar-refractivity contribution in [1.29, 1.82) is 0 Å². The molecule has 18 heavy (non-hydrogen) atoms. The van der Waals surface area contributed by atoms with E-state index in [0.717, 1.165) is 18.8 Å². The molecule has 1 saturated carbocycles. The van der Waals surface area contributed by atoms with Crippen LogP contribution in [-0.4, -0.2) is 35.3 Å². The van der Waals surface area contributed by atoms with Gasteiger partial charge in [0.1, 0.15) is 6.04 Å². The van der Waals surface area contributed by atoms with Crippen molar-refractivity contribution in [3.63, 3.8) is 0 Å². The Morgan fingerprint density at radius 2 is 1.89 bits per heavy atom. The zero-order chi connectivity index (χ0) is 13.1. The van der Waals surface area contributed by atoms with Crippen molar-refractivity contribution in [3.8, 4) is 0 Å². The summed E-state index contributed by atoms with van der Waals surface area (Å²) in [6.07, 6.45) is 5.73. The lowest BCUT2D eigenvalue weighted by Crippen LogP contribution is -2.49. The van der Waals surface area contributed by atoms with Crippen molar-refractivity contribution in [2.45, 2.75) is 64.5 Å². The third-order valence-corrected chi connectivity index (χ3v) is 4.33. The fraction of sp³-hybridized carbons (Fsp3) is 0.857. The Bertz CT molecular complexity index is 322. The van der Waals surface area contributed by atoms with Crippen LogP contribution in [0, 0.1) is 5.92 Å². The first-order chi connectivity index (χ1) is 8.61. The molecule has 0 aromatic heterocycles. The van der Waals surface area contributed by atoms with Crippen LogP contribution < -0.4 is 5.32 Å². The van der Waals surface area contributed by atoms with E-state index in [9.17, 15) is 9.59 Å². The molecular weight excluding hydrogens is 228 g/mol. The first-order valence-electron chi connectivity index (χ1n) is 7.21. The predicted molar refractivity (Wildman–Crippen MR) is 70.0 cm³/mol. The molecule has 1 heterocycles. The molecule has 0 bridgehead atoms. The van der Waals surface area contributed by atoms with E-state index in [1.54, 1.807) is 0 Å². The van der Waals surface area contributed by atoms with Crippen LogP contribution in [0.1, 0.15) is 52.4 Å². The molecule has 4 nitrogen and oxygen atoms in total. The number of hydrogen-bond acceptors (Lipinski definition) is 2. The highest BCUT2D eigenvalue weighted by Crippen LogP contribution is 2.28. The van der Waals surface area contributed by atoms with Crippen molar-refractivity contribution < 1.29 is 9.59 Å².